The molecule has 1 fully saturated rings. The average Bonchev–Trinajstić information content (AvgIpc) is 3.50. The minimum atomic E-state index is 0.0824. The van der Waals surface area contributed by atoms with Crippen LogP contribution in [0, 0.1) is 0 Å². The first-order valence-electron chi connectivity index (χ1n) is 10.0. The van der Waals surface area contributed by atoms with Crippen molar-refractivity contribution >= 4 is 28.3 Å². The molecule has 1 saturated carbocycles. The first-order valence-corrected chi connectivity index (χ1v) is 10.4. The van der Waals surface area contributed by atoms with Crippen LogP contribution < -0.4 is 0 Å². The number of carbonyl (C=O) groups excluding carboxylic acids is 1. The highest BCUT2D eigenvalue weighted by Crippen LogP contribution is 2.30. The van der Waals surface area contributed by atoms with E-state index in [4.69, 9.17) is 16.0 Å². The smallest absolute Gasteiger partial charge is 0.247 e. The second kappa shape index (κ2) is 7.92. The second-order valence-electron chi connectivity index (χ2n) is 7.62. The number of fused-ring (bicyclic) bond motifs is 1. The molecule has 1 aliphatic carbocycles. The summed E-state index contributed by atoms with van der Waals surface area (Å²) in [5.74, 6) is 0.956. The van der Waals surface area contributed by atoms with Crippen molar-refractivity contribution in [2.45, 2.75) is 31.8 Å². The van der Waals surface area contributed by atoms with Crippen LogP contribution in [0.4, 0.5) is 0 Å². The lowest BCUT2D eigenvalue weighted by atomic mass is 10.0. The lowest BCUT2D eigenvalue weighted by Gasteiger charge is -2.20. The van der Waals surface area contributed by atoms with E-state index in [0.29, 0.717) is 29.8 Å². The van der Waals surface area contributed by atoms with E-state index in [0.717, 1.165) is 29.4 Å². The first kappa shape index (κ1) is 18.8. The number of benzene rings is 3. The van der Waals surface area contributed by atoms with E-state index >= 15 is 0 Å². The van der Waals surface area contributed by atoms with Gasteiger partial charge in [-0.15, -0.1) is 10.2 Å². The van der Waals surface area contributed by atoms with Gasteiger partial charge in [-0.2, -0.15) is 0 Å². The van der Waals surface area contributed by atoms with Crippen molar-refractivity contribution in [3.05, 3.63) is 83.2 Å². The highest BCUT2D eigenvalue weighted by Gasteiger charge is 2.33. The number of amides is 1. The number of aromatic nitrogens is 2. The third-order valence-electron chi connectivity index (χ3n) is 5.34. The summed E-state index contributed by atoms with van der Waals surface area (Å²) < 4.78 is 5.82. The summed E-state index contributed by atoms with van der Waals surface area (Å²) in [4.78, 5) is 14.9. The zero-order valence-corrected chi connectivity index (χ0v) is 17.0. The maximum Gasteiger partial charge on any atom is 0.247 e. The van der Waals surface area contributed by atoms with Crippen LogP contribution in [0.25, 0.3) is 22.2 Å². The van der Waals surface area contributed by atoms with Crippen molar-refractivity contribution < 1.29 is 9.21 Å². The molecule has 30 heavy (non-hydrogen) atoms. The topological polar surface area (TPSA) is 59.2 Å². The van der Waals surface area contributed by atoms with Crippen LogP contribution in [0.1, 0.15) is 24.3 Å². The molecule has 1 heterocycles. The van der Waals surface area contributed by atoms with E-state index < -0.39 is 0 Å². The average molecular weight is 418 g/mol. The largest absolute Gasteiger partial charge is 0.419 e. The molecule has 5 nitrogen and oxygen atoms in total. The van der Waals surface area contributed by atoms with Gasteiger partial charge in [-0.1, -0.05) is 54.1 Å². The first-order chi connectivity index (χ1) is 14.7. The standard InChI is InChI=1S/C24H20ClN3O2/c25-20-9-7-18(8-10-20)24-27-26-22(30-24)15-28(21-11-12-21)23(29)14-16-5-6-17-3-1-2-4-19(17)13-16/h1-10,13,21H,11-12,14-15H2. The van der Waals surface area contributed by atoms with Gasteiger partial charge in [-0.3, -0.25) is 4.79 Å². The zero-order valence-electron chi connectivity index (χ0n) is 16.3. The van der Waals surface area contributed by atoms with Gasteiger partial charge in [0.2, 0.25) is 17.7 Å². The van der Waals surface area contributed by atoms with Gasteiger partial charge < -0.3 is 9.32 Å². The molecule has 5 rings (SSSR count). The maximum atomic E-state index is 13.1. The van der Waals surface area contributed by atoms with Crippen LogP contribution in [0.5, 0.6) is 0 Å². The zero-order chi connectivity index (χ0) is 20.5. The molecule has 0 N–H and O–H groups in total. The summed E-state index contributed by atoms with van der Waals surface area (Å²) in [5, 5.41) is 11.2. The summed E-state index contributed by atoms with van der Waals surface area (Å²) in [6.07, 6.45) is 2.39. The summed E-state index contributed by atoms with van der Waals surface area (Å²) in [7, 11) is 0. The minimum absolute atomic E-state index is 0.0824. The van der Waals surface area contributed by atoms with Crippen LogP contribution in [0.2, 0.25) is 5.02 Å². The molecule has 1 aliphatic rings. The Balaban J connectivity index is 1.31. The quantitative estimate of drug-likeness (QED) is 0.428. The molecule has 0 bridgehead atoms. The van der Waals surface area contributed by atoms with Gasteiger partial charge in [0, 0.05) is 16.6 Å². The fourth-order valence-corrected chi connectivity index (χ4v) is 3.73. The van der Waals surface area contributed by atoms with Crippen molar-refractivity contribution in [2.75, 3.05) is 0 Å². The van der Waals surface area contributed by atoms with Crippen LogP contribution in [0.3, 0.4) is 0 Å². The summed E-state index contributed by atoms with van der Waals surface area (Å²) in [6.45, 7) is 0.331. The van der Waals surface area contributed by atoms with E-state index in [9.17, 15) is 4.79 Å². The lowest BCUT2D eigenvalue weighted by molar-refractivity contribution is -0.132. The molecule has 0 radical (unpaired) electrons. The maximum absolute atomic E-state index is 13.1. The van der Waals surface area contributed by atoms with E-state index in [1.807, 2.05) is 35.2 Å². The van der Waals surface area contributed by atoms with E-state index in [2.05, 4.69) is 34.5 Å². The molecule has 0 spiro atoms. The van der Waals surface area contributed by atoms with Crippen LogP contribution in [0.15, 0.2) is 71.1 Å². The molecule has 6 heteroatoms. The summed E-state index contributed by atoms with van der Waals surface area (Å²) in [6, 6.07) is 21.8. The monoisotopic (exact) mass is 417 g/mol. The van der Waals surface area contributed by atoms with Crippen LogP contribution in [-0.2, 0) is 17.8 Å². The summed E-state index contributed by atoms with van der Waals surface area (Å²) >= 11 is 5.94. The van der Waals surface area contributed by atoms with Crippen LogP contribution >= 0.6 is 11.6 Å². The van der Waals surface area contributed by atoms with Crippen molar-refractivity contribution in [3.8, 4) is 11.5 Å². The molecule has 0 saturated heterocycles. The van der Waals surface area contributed by atoms with Crippen molar-refractivity contribution in [3.63, 3.8) is 0 Å². The van der Waals surface area contributed by atoms with Crippen LogP contribution in [-0.4, -0.2) is 27.0 Å². The third kappa shape index (κ3) is 4.07. The Hall–Kier alpha value is -3.18. The predicted molar refractivity (Wildman–Crippen MR) is 116 cm³/mol. The third-order valence-corrected chi connectivity index (χ3v) is 5.59. The molecule has 150 valence electrons. The molecule has 3 aromatic carbocycles. The van der Waals surface area contributed by atoms with Crippen molar-refractivity contribution in [1.82, 2.24) is 15.1 Å². The number of hydrogen-bond acceptors (Lipinski definition) is 4. The highest BCUT2D eigenvalue weighted by atomic mass is 35.5. The number of hydrogen-bond donors (Lipinski definition) is 0. The SMILES string of the molecule is O=C(Cc1ccc2ccccc2c1)N(Cc1nnc(-c2ccc(Cl)cc2)o1)C1CC1. The van der Waals surface area contributed by atoms with Gasteiger partial charge in [0.25, 0.3) is 0 Å². The normalized spacial score (nSPS) is 13.5. The van der Waals surface area contributed by atoms with E-state index in [1.54, 1.807) is 12.1 Å². The Kier molecular flexibility index (Phi) is 4.97. The summed E-state index contributed by atoms with van der Waals surface area (Å²) in [5.41, 5.74) is 1.82. The number of halogens is 1. The highest BCUT2D eigenvalue weighted by molar-refractivity contribution is 6.30. The van der Waals surface area contributed by atoms with Crippen molar-refractivity contribution in [1.29, 1.82) is 0 Å². The number of nitrogens with zero attached hydrogens (tertiary/aromatic N) is 3. The van der Waals surface area contributed by atoms with E-state index in [-0.39, 0.29) is 11.9 Å². The number of carbonyl (C=O) groups is 1. The molecular formula is C24H20ClN3O2. The lowest BCUT2D eigenvalue weighted by Crippen LogP contribution is -2.34. The number of rotatable bonds is 6. The second-order valence-corrected chi connectivity index (χ2v) is 8.06. The van der Waals surface area contributed by atoms with Gasteiger partial charge >= 0.3 is 0 Å². The Morgan fingerprint density at radius 3 is 2.53 bits per heavy atom. The molecule has 0 atom stereocenters. The molecule has 1 aromatic heterocycles. The molecule has 4 aromatic rings. The Morgan fingerprint density at radius 1 is 1.00 bits per heavy atom. The molecular weight excluding hydrogens is 398 g/mol. The van der Waals surface area contributed by atoms with Gasteiger partial charge in [0.15, 0.2) is 0 Å². The van der Waals surface area contributed by atoms with Gasteiger partial charge in [0.1, 0.15) is 0 Å². The van der Waals surface area contributed by atoms with Crippen molar-refractivity contribution in [2.24, 2.45) is 0 Å². The Labute approximate surface area is 179 Å². The molecule has 1 amide bonds. The minimum Gasteiger partial charge on any atom is -0.419 e. The fraction of sp³-hybridized carbons (Fsp3) is 0.208. The van der Waals surface area contributed by atoms with Gasteiger partial charge in [-0.25, -0.2) is 0 Å². The Morgan fingerprint density at radius 2 is 1.77 bits per heavy atom. The predicted octanol–water partition coefficient (Wildman–Crippen LogP) is 5.28. The fourth-order valence-electron chi connectivity index (χ4n) is 3.60. The molecule has 0 aliphatic heterocycles. The van der Waals surface area contributed by atoms with E-state index in [1.165, 1.54) is 5.39 Å². The Bertz CT molecular complexity index is 1200. The molecule has 0 unspecified atom stereocenters. The van der Waals surface area contributed by atoms with Gasteiger partial charge in [0.05, 0.1) is 13.0 Å². The van der Waals surface area contributed by atoms with Gasteiger partial charge in [-0.05, 0) is 53.4 Å².